The van der Waals surface area contributed by atoms with Gasteiger partial charge in [0.05, 0.1) is 17.5 Å². The summed E-state index contributed by atoms with van der Waals surface area (Å²) in [5, 5.41) is 10.3. The molecule has 0 amide bonds. The number of aliphatic imine (C=N–C) groups is 1. The second-order valence-electron chi connectivity index (χ2n) is 9.39. The minimum absolute atomic E-state index is 0.206. The van der Waals surface area contributed by atoms with Crippen molar-refractivity contribution in [2.24, 2.45) is 10.9 Å². The Morgan fingerprint density at radius 1 is 1.28 bits per heavy atom. The number of fused-ring (bicyclic) bond motifs is 1. The third kappa shape index (κ3) is 5.63. The second kappa shape index (κ2) is 10.4. The second-order valence-corrected chi connectivity index (χ2v) is 9.39. The van der Waals surface area contributed by atoms with Crippen LogP contribution in [0.4, 0.5) is 5.69 Å². The molecule has 1 unspecified atom stereocenters. The van der Waals surface area contributed by atoms with Crippen molar-refractivity contribution in [3.05, 3.63) is 54.2 Å². The van der Waals surface area contributed by atoms with Gasteiger partial charge in [0.25, 0.3) is 0 Å². The molecule has 5 nitrogen and oxygen atoms in total. The molecule has 1 fully saturated rings. The van der Waals surface area contributed by atoms with Gasteiger partial charge in [0.1, 0.15) is 6.10 Å². The van der Waals surface area contributed by atoms with Gasteiger partial charge in [-0.1, -0.05) is 27.0 Å². The van der Waals surface area contributed by atoms with Crippen molar-refractivity contribution < 1.29 is 9.84 Å². The molecule has 1 aliphatic carbocycles. The molecular weight excluding hydrogens is 398 g/mol. The molecule has 1 saturated carbocycles. The van der Waals surface area contributed by atoms with Crippen molar-refractivity contribution in [1.82, 2.24) is 4.57 Å². The summed E-state index contributed by atoms with van der Waals surface area (Å²) in [7, 11) is 2.03. The molecule has 0 bridgehead atoms. The number of hydrogen-bond acceptors (Lipinski definition) is 4. The van der Waals surface area contributed by atoms with E-state index >= 15 is 0 Å². The number of ether oxygens (including phenoxy) is 1. The summed E-state index contributed by atoms with van der Waals surface area (Å²) < 4.78 is 8.48. The van der Waals surface area contributed by atoms with Crippen molar-refractivity contribution >= 4 is 23.2 Å². The lowest BCUT2D eigenvalue weighted by atomic mass is 9.89. The van der Waals surface area contributed by atoms with Crippen molar-refractivity contribution in [2.75, 3.05) is 11.9 Å². The van der Waals surface area contributed by atoms with Crippen LogP contribution in [0.2, 0.25) is 0 Å². The molecule has 1 aromatic heterocycles. The molecule has 2 aliphatic rings. The fraction of sp³-hybridized carbons (Fsp3) is 0.519. The van der Waals surface area contributed by atoms with E-state index < -0.39 is 0 Å². The van der Waals surface area contributed by atoms with Crippen LogP contribution in [0, 0.1) is 5.92 Å². The molecule has 2 heterocycles. The number of anilines is 1. The number of nitrogens with zero attached hydrogens (tertiary/aromatic N) is 3. The predicted octanol–water partition coefficient (Wildman–Crippen LogP) is 6.17. The zero-order valence-corrected chi connectivity index (χ0v) is 20.4. The number of aliphatic hydroxyl groups excluding tert-OH is 1. The Morgan fingerprint density at radius 2 is 1.97 bits per heavy atom. The molecule has 5 heteroatoms. The van der Waals surface area contributed by atoms with Crippen LogP contribution in [-0.2, 0) is 11.3 Å². The summed E-state index contributed by atoms with van der Waals surface area (Å²) in [4.78, 5) is 6.71. The van der Waals surface area contributed by atoms with Gasteiger partial charge in [-0.2, -0.15) is 0 Å². The van der Waals surface area contributed by atoms with Gasteiger partial charge in [-0.05, 0) is 69.6 Å². The van der Waals surface area contributed by atoms with E-state index in [1.165, 1.54) is 12.8 Å². The average Bonchev–Trinajstić information content (AvgIpc) is 3.10. The van der Waals surface area contributed by atoms with Crippen molar-refractivity contribution in [1.29, 1.82) is 0 Å². The van der Waals surface area contributed by atoms with E-state index in [-0.39, 0.29) is 12.2 Å². The molecule has 0 aromatic carbocycles. The first-order valence-corrected chi connectivity index (χ1v) is 11.8. The quantitative estimate of drug-likeness (QED) is 0.410. The Bertz CT molecular complexity index is 942. The van der Waals surface area contributed by atoms with Gasteiger partial charge in [0.2, 0.25) is 5.90 Å². The highest BCUT2D eigenvalue weighted by atomic mass is 16.5. The van der Waals surface area contributed by atoms with Gasteiger partial charge >= 0.3 is 0 Å². The van der Waals surface area contributed by atoms with Gasteiger partial charge in [-0.3, -0.25) is 0 Å². The maximum Gasteiger partial charge on any atom is 0.213 e. The van der Waals surface area contributed by atoms with Gasteiger partial charge in [-0.25, -0.2) is 4.99 Å². The van der Waals surface area contributed by atoms with E-state index in [1.807, 2.05) is 33.0 Å². The van der Waals surface area contributed by atoms with Crippen LogP contribution >= 0.6 is 0 Å². The molecule has 1 N–H and O–H groups in total. The Morgan fingerprint density at radius 3 is 2.59 bits per heavy atom. The van der Waals surface area contributed by atoms with E-state index in [0.717, 1.165) is 52.7 Å². The Labute approximate surface area is 193 Å². The molecule has 32 heavy (non-hydrogen) atoms. The summed E-state index contributed by atoms with van der Waals surface area (Å²) >= 11 is 0. The Balaban J connectivity index is 1.96. The number of aromatic nitrogens is 1. The van der Waals surface area contributed by atoms with E-state index in [4.69, 9.17) is 4.74 Å². The lowest BCUT2D eigenvalue weighted by molar-refractivity contribution is 0.126. The fourth-order valence-electron chi connectivity index (χ4n) is 4.38. The highest BCUT2D eigenvalue weighted by molar-refractivity contribution is 5.98. The third-order valence-electron chi connectivity index (χ3n) is 6.49. The first kappa shape index (κ1) is 24.1. The molecule has 1 aliphatic heterocycles. The number of aliphatic hydroxyl groups is 1. The van der Waals surface area contributed by atoms with Crippen LogP contribution < -0.4 is 4.90 Å². The predicted molar refractivity (Wildman–Crippen MR) is 136 cm³/mol. The Kier molecular flexibility index (Phi) is 7.83. The maximum atomic E-state index is 10.3. The van der Waals surface area contributed by atoms with Crippen molar-refractivity contribution in [3.63, 3.8) is 0 Å². The lowest BCUT2D eigenvalue weighted by Gasteiger charge is -2.27. The monoisotopic (exact) mass is 437 g/mol. The molecule has 3 rings (SSSR count). The summed E-state index contributed by atoms with van der Waals surface area (Å²) in [6, 6.07) is 0. The summed E-state index contributed by atoms with van der Waals surface area (Å²) in [5.74, 6) is 1.40. The molecule has 0 saturated heterocycles. The first-order chi connectivity index (χ1) is 15.2. The van der Waals surface area contributed by atoms with E-state index in [2.05, 4.69) is 53.7 Å². The van der Waals surface area contributed by atoms with E-state index in [1.54, 1.807) is 0 Å². The smallest absolute Gasteiger partial charge is 0.213 e. The van der Waals surface area contributed by atoms with E-state index in [9.17, 15) is 5.11 Å². The minimum atomic E-state index is -0.384. The maximum absolute atomic E-state index is 10.3. The average molecular weight is 438 g/mol. The fourth-order valence-corrected chi connectivity index (χ4v) is 4.38. The summed E-state index contributed by atoms with van der Waals surface area (Å²) in [6.45, 7) is 17.0. The number of allylic oxidation sites excluding steroid dienone is 3. The van der Waals surface area contributed by atoms with Crippen LogP contribution in [0.5, 0.6) is 0 Å². The van der Waals surface area contributed by atoms with Gasteiger partial charge in [0.15, 0.2) is 0 Å². The topological polar surface area (TPSA) is 50.0 Å². The molecular formula is C27H39N3O2. The zero-order chi connectivity index (χ0) is 23.4. The van der Waals surface area contributed by atoms with Crippen LogP contribution in [0.1, 0.15) is 71.1 Å². The van der Waals surface area contributed by atoms with Crippen molar-refractivity contribution in [3.8, 4) is 0 Å². The van der Waals surface area contributed by atoms with Crippen LogP contribution in [0.3, 0.4) is 0 Å². The lowest BCUT2D eigenvalue weighted by Crippen LogP contribution is -2.23. The van der Waals surface area contributed by atoms with Gasteiger partial charge in [-0.15, -0.1) is 0 Å². The normalized spacial score (nSPS) is 22.7. The zero-order valence-electron chi connectivity index (χ0n) is 20.4. The number of hydrogen-bond donors (Lipinski definition) is 1. The standard InChI is InChI=1S/C27H39N3O2/c1-8-22(31)16-30-17-24(27-25(30)14-11-21(6)29(27)7)20(5)15-26(28-18(2)3)32-23-12-9-19(4)10-13-23/h11,14-15,17,19,22-23,31H,2,6,8-10,12-13,16H2,1,3-5,7H3/b20-15+,28-26?. The van der Waals surface area contributed by atoms with Crippen LogP contribution in [-0.4, -0.2) is 34.8 Å². The highest BCUT2D eigenvalue weighted by Crippen LogP contribution is 2.38. The van der Waals surface area contributed by atoms with Crippen LogP contribution in [0.25, 0.3) is 11.6 Å². The van der Waals surface area contributed by atoms with Crippen molar-refractivity contribution in [2.45, 2.75) is 78.6 Å². The number of rotatable bonds is 7. The van der Waals surface area contributed by atoms with Gasteiger partial charge in [0, 0.05) is 42.8 Å². The first-order valence-electron chi connectivity index (χ1n) is 11.8. The third-order valence-corrected chi connectivity index (χ3v) is 6.49. The molecule has 0 spiro atoms. The summed E-state index contributed by atoms with van der Waals surface area (Å²) in [6.07, 6.45) is 13.3. The molecule has 1 atom stereocenters. The summed E-state index contributed by atoms with van der Waals surface area (Å²) in [5.41, 5.74) is 5.99. The SMILES string of the molecule is C=C(C)N=C(/C=C(\C)c1cn(CC(O)CC)c2c1N(C)C(=C)C=C2)OC1CCC(C)CC1. The highest BCUT2D eigenvalue weighted by Gasteiger charge is 2.24. The minimum Gasteiger partial charge on any atom is -0.474 e. The Hall–Kier alpha value is -2.53. The molecule has 1 aromatic rings. The van der Waals surface area contributed by atoms with Gasteiger partial charge < -0.3 is 19.3 Å². The number of likely N-dealkylation sites (N-methyl/N-ethyl adjacent to an activating group) is 1. The molecule has 174 valence electrons. The molecule has 0 radical (unpaired) electrons. The van der Waals surface area contributed by atoms with Crippen LogP contribution in [0.15, 0.2) is 47.9 Å². The largest absolute Gasteiger partial charge is 0.474 e. The van der Waals surface area contributed by atoms with E-state index in [0.29, 0.717) is 18.9 Å².